The Morgan fingerprint density at radius 1 is 1.25 bits per heavy atom. The molecule has 2 rings (SSSR count). The van der Waals surface area contributed by atoms with Crippen molar-refractivity contribution in [2.75, 3.05) is 39.8 Å². The summed E-state index contributed by atoms with van der Waals surface area (Å²) in [5, 5.41) is 3.48. The summed E-state index contributed by atoms with van der Waals surface area (Å²) in [6.45, 7) is 9.51. The van der Waals surface area contributed by atoms with Gasteiger partial charge in [0, 0.05) is 13.1 Å². The fourth-order valence-electron chi connectivity index (χ4n) is 2.95. The molecule has 1 aliphatic rings. The van der Waals surface area contributed by atoms with Crippen LogP contribution in [-0.2, 0) is 0 Å². The second kappa shape index (κ2) is 7.65. The fraction of sp³-hybridized carbons (Fsp3) is 0.647. The number of aryl methyl sites for hydroxylation is 2. The van der Waals surface area contributed by atoms with Crippen molar-refractivity contribution in [3.63, 3.8) is 0 Å². The molecule has 1 heterocycles. The minimum absolute atomic E-state index is 0.763. The zero-order valence-corrected chi connectivity index (χ0v) is 13.1. The Balaban J connectivity index is 1.69. The van der Waals surface area contributed by atoms with Crippen molar-refractivity contribution in [1.82, 2.24) is 10.2 Å². The van der Waals surface area contributed by atoms with Crippen LogP contribution < -0.4 is 10.1 Å². The molecule has 0 bridgehead atoms. The summed E-state index contributed by atoms with van der Waals surface area (Å²) in [5.74, 6) is 1.80. The highest BCUT2D eigenvalue weighted by Crippen LogP contribution is 2.16. The third-order valence-corrected chi connectivity index (χ3v) is 3.91. The van der Waals surface area contributed by atoms with Crippen LogP contribution in [0.2, 0.25) is 0 Å². The first kappa shape index (κ1) is 15.3. The Morgan fingerprint density at radius 2 is 2.00 bits per heavy atom. The lowest BCUT2D eigenvalue weighted by molar-refractivity contribution is 0.200. The minimum atomic E-state index is 0.763. The van der Waals surface area contributed by atoms with Crippen LogP contribution in [-0.4, -0.2) is 44.7 Å². The van der Waals surface area contributed by atoms with Gasteiger partial charge in [-0.3, -0.25) is 0 Å². The second-order valence-electron chi connectivity index (χ2n) is 6.15. The number of rotatable bonds is 6. The quantitative estimate of drug-likeness (QED) is 0.864. The Morgan fingerprint density at radius 3 is 2.65 bits per heavy atom. The van der Waals surface area contributed by atoms with E-state index >= 15 is 0 Å². The molecule has 1 saturated heterocycles. The molecule has 1 N–H and O–H groups in total. The van der Waals surface area contributed by atoms with Crippen molar-refractivity contribution in [1.29, 1.82) is 0 Å². The molecule has 0 saturated carbocycles. The van der Waals surface area contributed by atoms with Gasteiger partial charge >= 0.3 is 0 Å². The van der Waals surface area contributed by atoms with Gasteiger partial charge in [0.1, 0.15) is 12.4 Å². The molecular weight excluding hydrogens is 248 g/mol. The van der Waals surface area contributed by atoms with Crippen molar-refractivity contribution < 1.29 is 4.74 Å². The van der Waals surface area contributed by atoms with E-state index in [4.69, 9.17) is 4.74 Å². The van der Waals surface area contributed by atoms with Crippen molar-refractivity contribution in [3.8, 4) is 5.75 Å². The predicted molar refractivity (Wildman–Crippen MR) is 84.5 cm³/mol. The second-order valence-corrected chi connectivity index (χ2v) is 6.15. The molecular formula is C17H28N2O. The number of hydrogen-bond acceptors (Lipinski definition) is 3. The van der Waals surface area contributed by atoms with E-state index < -0.39 is 0 Å². The molecule has 20 heavy (non-hydrogen) atoms. The molecule has 112 valence electrons. The molecule has 0 aliphatic carbocycles. The van der Waals surface area contributed by atoms with E-state index in [2.05, 4.69) is 49.3 Å². The molecule has 0 aromatic heterocycles. The van der Waals surface area contributed by atoms with Crippen molar-refractivity contribution in [2.24, 2.45) is 5.92 Å². The molecule has 3 heteroatoms. The number of likely N-dealkylation sites (N-methyl/N-ethyl adjacent to an activating group) is 1. The molecule has 3 nitrogen and oxygen atoms in total. The van der Waals surface area contributed by atoms with Gasteiger partial charge in [-0.1, -0.05) is 6.07 Å². The smallest absolute Gasteiger partial charge is 0.119 e. The maximum absolute atomic E-state index is 5.87. The van der Waals surface area contributed by atoms with Crippen LogP contribution in [0.25, 0.3) is 0 Å². The predicted octanol–water partition coefficient (Wildman–Crippen LogP) is 2.61. The number of nitrogens with zero attached hydrogens (tertiary/aromatic N) is 1. The first-order valence-electron chi connectivity index (χ1n) is 7.74. The van der Waals surface area contributed by atoms with E-state index in [0.29, 0.717) is 0 Å². The van der Waals surface area contributed by atoms with Crippen LogP contribution in [0.15, 0.2) is 18.2 Å². The van der Waals surface area contributed by atoms with E-state index in [9.17, 15) is 0 Å². The third-order valence-electron chi connectivity index (χ3n) is 3.91. The molecule has 1 fully saturated rings. The lowest BCUT2D eigenvalue weighted by Crippen LogP contribution is -2.38. The maximum Gasteiger partial charge on any atom is 0.119 e. The van der Waals surface area contributed by atoms with E-state index in [-0.39, 0.29) is 0 Å². The maximum atomic E-state index is 5.87. The van der Waals surface area contributed by atoms with E-state index in [1.807, 2.05) is 0 Å². The van der Waals surface area contributed by atoms with Crippen molar-refractivity contribution in [2.45, 2.75) is 26.7 Å². The third kappa shape index (κ3) is 5.14. The van der Waals surface area contributed by atoms with Gasteiger partial charge < -0.3 is 15.0 Å². The van der Waals surface area contributed by atoms with Crippen LogP contribution in [0.5, 0.6) is 5.75 Å². The highest BCUT2D eigenvalue weighted by Gasteiger charge is 2.14. The molecule has 0 spiro atoms. The van der Waals surface area contributed by atoms with Crippen molar-refractivity contribution >= 4 is 0 Å². The van der Waals surface area contributed by atoms with Gasteiger partial charge in [0.2, 0.25) is 0 Å². The molecule has 1 aromatic rings. The Bertz CT molecular complexity index is 393. The summed E-state index contributed by atoms with van der Waals surface area (Å²) in [4.78, 5) is 2.39. The molecule has 0 amide bonds. The molecule has 1 aromatic carbocycles. The van der Waals surface area contributed by atoms with Crippen LogP contribution in [0, 0.1) is 19.8 Å². The van der Waals surface area contributed by atoms with E-state index in [1.54, 1.807) is 0 Å². The van der Waals surface area contributed by atoms with Gasteiger partial charge in [0.25, 0.3) is 0 Å². The van der Waals surface area contributed by atoms with Crippen LogP contribution in [0.1, 0.15) is 24.0 Å². The normalized spacial score (nSPS) is 19.3. The average molecular weight is 276 g/mol. The van der Waals surface area contributed by atoms with Crippen LogP contribution in [0.3, 0.4) is 0 Å². The molecule has 1 unspecified atom stereocenters. The molecule has 1 atom stereocenters. The Hall–Kier alpha value is -1.06. The SMILES string of the molecule is Cc1cc(C)cc(OCCN(C)CC2CCCNC2)c1. The monoisotopic (exact) mass is 276 g/mol. The lowest BCUT2D eigenvalue weighted by Gasteiger charge is -2.27. The van der Waals surface area contributed by atoms with Crippen molar-refractivity contribution in [3.05, 3.63) is 29.3 Å². The molecule has 1 aliphatic heterocycles. The van der Waals surface area contributed by atoms with Crippen LogP contribution in [0.4, 0.5) is 0 Å². The number of piperidine rings is 1. The number of benzene rings is 1. The first-order chi connectivity index (χ1) is 9.63. The minimum Gasteiger partial charge on any atom is -0.492 e. The van der Waals surface area contributed by atoms with Gasteiger partial charge in [-0.05, 0) is 76.0 Å². The Labute approximate surface area is 123 Å². The summed E-state index contributed by atoms with van der Waals surface area (Å²) in [6.07, 6.45) is 2.67. The Kier molecular flexibility index (Phi) is 5.86. The lowest BCUT2D eigenvalue weighted by atomic mass is 9.99. The average Bonchev–Trinajstić information content (AvgIpc) is 2.38. The van der Waals surface area contributed by atoms with Gasteiger partial charge in [-0.2, -0.15) is 0 Å². The van der Waals surface area contributed by atoms with E-state index in [0.717, 1.165) is 24.8 Å². The van der Waals surface area contributed by atoms with Gasteiger partial charge in [0.15, 0.2) is 0 Å². The topological polar surface area (TPSA) is 24.5 Å². The molecule has 0 radical (unpaired) electrons. The summed E-state index contributed by atoms with van der Waals surface area (Å²) < 4.78 is 5.87. The fourth-order valence-corrected chi connectivity index (χ4v) is 2.95. The summed E-state index contributed by atoms with van der Waals surface area (Å²) in [5.41, 5.74) is 2.53. The number of hydrogen-bond donors (Lipinski definition) is 1. The summed E-state index contributed by atoms with van der Waals surface area (Å²) >= 11 is 0. The zero-order chi connectivity index (χ0) is 14.4. The first-order valence-corrected chi connectivity index (χ1v) is 7.74. The number of ether oxygens (including phenoxy) is 1. The highest BCUT2D eigenvalue weighted by atomic mass is 16.5. The highest BCUT2D eigenvalue weighted by molar-refractivity contribution is 5.32. The largest absolute Gasteiger partial charge is 0.492 e. The zero-order valence-electron chi connectivity index (χ0n) is 13.1. The standard InChI is InChI=1S/C17H28N2O/c1-14-9-15(2)11-17(10-14)20-8-7-19(3)13-16-5-4-6-18-12-16/h9-11,16,18H,4-8,12-13H2,1-3H3. The summed E-state index contributed by atoms with van der Waals surface area (Å²) in [6, 6.07) is 6.39. The van der Waals surface area contributed by atoms with E-state index in [1.165, 1.54) is 43.6 Å². The summed E-state index contributed by atoms with van der Waals surface area (Å²) in [7, 11) is 2.19. The van der Waals surface area contributed by atoms with Gasteiger partial charge in [0.05, 0.1) is 0 Å². The van der Waals surface area contributed by atoms with Gasteiger partial charge in [-0.25, -0.2) is 0 Å². The van der Waals surface area contributed by atoms with Gasteiger partial charge in [-0.15, -0.1) is 0 Å². The van der Waals surface area contributed by atoms with Crippen LogP contribution >= 0.6 is 0 Å². The number of nitrogens with one attached hydrogen (secondary N) is 1.